The third-order valence-corrected chi connectivity index (χ3v) is 12.1. The Morgan fingerprint density at radius 2 is 1.16 bits per heavy atom. The number of primary amides is 1. The largest absolute Gasteiger partial charge is 0.481 e. The first kappa shape index (κ1) is 67.2. The van der Waals surface area contributed by atoms with E-state index >= 15 is 0 Å². The molecule has 31 heteroatoms. The van der Waals surface area contributed by atoms with E-state index in [9.17, 15) is 62.6 Å². The molecule has 0 spiro atoms. The summed E-state index contributed by atoms with van der Waals surface area (Å²) in [7, 11) is 0. The van der Waals surface area contributed by atoms with Gasteiger partial charge in [-0.25, -0.2) is 4.79 Å². The van der Waals surface area contributed by atoms with Crippen LogP contribution in [0.3, 0.4) is 0 Å². The number of rotatable bonds is 36. The molecule has 0 aromatic rings. The van der Waals surface area contributed by atoms with Crippen LogP contribution in [0.4, 0.5) is 0 Å². The van der Waals surface area contributed by atoms with E-state index in [1.807, 2.05) is 6.92 Å². The molecule has 0 radical (unpaired) electrons. The zero-order chi connectivity index (χ0) is 58.5. The number of nitrogens with zero attached hydrogens (tertiary/aromatic N) is 3. The number of guanidine groups is 2. The minimum absolute atomic E-state index is 0.0141. The van der Waals surface area contributed by atoms with Gasteiger partial charge in [-0.05, 0) is 76.5 Å². The normalized spacial score (nSPS) is 16.0. The summed E-state index contributed by atoms with van der Waals surface area (Å²) in [6.45, 7) is 7.39. The Labute approximate surface area is 446 Å². The average molecular weight is 1100 g/mol. The van der Waals surface area contributed by atoms with E-state index in [1.54, 1.807) is 20.8 Å². The number of likely N-dealkylation sites (tertiary alicyclic amines) is 1. The molecule has 1 fully saturated rings. The predicted octanol–water partition coefficient (Wildman–Crippen LogP) is -6.12. The highest BCUT2D eigenvalue weighted by Crippen LogP contribution is 2.21. The maximum Gasteiger partial charge on any atom is 0.326 e. The monoisotopic (exact) mass is 1100 g/mol. The highest BCUT2D eigenvalue weighted by Gasteiger charge is 2.40. The fourth-order valence-corrected chi connectivity index (χ4v) is 7.77. The fourth-order valence-electron chi connectivity index (χ4n) is 7.77. The SMILES string of the molecule is CC[C@H](C)[C@H](NC(=O)CN)C(=O)N[C@@H](CCCN=C(N)N)C(=O)N1CCC[C@H]1C(=O)N[C@@H](CC(C)C)C(=O)NCC(=O)N[C@@H](CCC(N)=O)C(=O)N[C@@H](CCCN=C(N)N)C(=O)N[C@@H](C)C(=O)N[C@@H](CCC(=O)O)C(=O)O. The molecule has 77 heavy (non-hydrogen) atoms. The Kier molecular flexibility index (Phi) is 30.2. The third kappa shape index (κ3) is 26.0. The van der Waals surface area contributed by atoms with Gasteiger partial charge >= 0.3 is 11.9 Å². The number of carboxylic acids is 2. The molecule has 1 aliphatic heterocycles. The molecule has 1 heterocycles. The lowest BCUT2D eigenvalue weighted by atomic mass is 9.97. The van der Waals surface area contributed by atoms with Gasteiger partial charge in [-0.3, -0.25) is 62.7 Å². The van der Waals surface area contributed by atoms with Crippen LogP contribution in [0.25, 0.3) is 0 Å². The number of hydrogen-bond acceptors (Lipinski definition) is 15. The Morgan fingerprint density at radius 3 is 1.69 bits per heavy atom. The molecule has 0 saturated carbocycles. The van der Waals surface area contributed by atoms with Crippen molar-refractivity contribution in [2.45, 2.75) is 160 Å². The summed E-state index contributed by atoms with van der Waals surface area (Å²) >= 11 is 0. The molecule has 1 saturated heterocycles. The van der Waals surface area contributed by atoms with E-state index in [4.69, 9.17) is 39.5 Å². The van der Waals surface area contributed by atoms with Crippen molar-refractivity contribution in [3.63, 3.8) is 0 Å². The van der Waals surface area contributed by atoms with Crippen LogP contribution in [-0.4, -0.2) is 179 Å². The first-order chi connectivity index (χ1) is 36.1. The Balaban J connectivity index is 3.30. The standard InChI is InChI=1S/C46H81N17O14/c1-6-24(4)36(62-33(65)21-47)42(74)59-28(11-8-18-54-46(51)52)43(75)63-19-9-12-31(63)41(73)61-30(20-23(2)3)38(70)55-22-34(66)57-27(13-15-32(48)64)40(72)58-26(10-7-17-53-45(49)50)39(71)56-25(5)37(69)60-29(44(76)77)14-16-35(67)68/h23-31,36H,6-22,47H2,1-5H3,(H2,48,64)(H,55,70)(H,56,71)(H,57,66)(H,58,72)(H,59,74)(H,60,69)(H,61,73)(H,62,65)(H,67,68)(H,76,77)(H4,49,50,53)(H4,51,52,54)/t24-,25-,26-,27-,28-,29-,30-,31-,36-/m0/s1. The van der Waals surface area contributed by atoms with Crippen molar-refractivity contribution >= 4 is 82.9 Å². The molecule has 22 N–H and O–H groups in total. The molecule has 434 valence electrons. The molecule has 9 atom stereocenters. The van der Waals surface area contributed by atoms with Crippen molar-refractivity contribution in [2.75, 3.05) is 32.7 Å². The minimum Gasteiger partial charge on any atom is -0.481 e. The molecule has 0 aliphatic carbocycles. The first-order valence-corrected chi connectivity index (χ1v) is 25.3. The van der Waals surface area contributed by atoms with Gasteiger partial charge in [0.05, 0.1) is 13.1 Å². The van der Waals surface area contributed by atoms with E-state index < -0.39 is 145 Å². The van der Waals surface area contributed by atoms with Gasteiger partial charge in [0.1, 0.15) is 48.3 Å². The summed E-state index contributed by atoms with van der Waals surface area (Å²) in [6.07, 6.45) is -0.518. The quantitative estimate of drug-likeness (QED) is 0.0158. The van der Waals surface area contributed by atoms with Crippen LogP contribution in [0, 0.1) is 11.8 Å². The molecule has 0 bridgehead atoms. The van der Waals surface area contributed by atoms with Crippen LogP contribution in [0.15, 0.2) is 9.98 Å². The summed E-state index contributed by atoms with van der Waals surface area (Å²) in [5.74, 6) is -12.0. The maximum atomic E-state index is 14.3. The molecule has 1 rings (SSSR count). The molecule has 0 aromatic carbocycles. The van der Waals surface area contributed by atoms with Crippen molar-refractivity contribution in [2.24, 2.45) is 56.2 Å². The summed E-state index contributed by atoms with van der Waals surface area (Å²) in [6, 6.07) is -10.6. The summed E-state index contributed by atoms with van der Waals surface area (Å²) in [4.78, 5) is 165. The van der Waals surface area contributed by atoms with E-state index in [2.05, 4.69) is 52.5 Å². The second-order valence-electron chi connectivity index (χ2n) is 18.9. The topological polar surface area (TPSA) is 526 Å². The molecule has 10 amide bonds. The highest BCUT2D eigenvalue weighted by molar-refractivity contribution is 5.98. The molecular weight excluding hydrogens is 1010 g/mol. The van der Waals surface area contributed by atoms with Gasteiger partial charge in [0.2, 0.25) is 59.1 Å². The predicted molar refractivity (Wildman–Crippen MR) is 278 cm³/mol. The van der Waals surface area contributed by atoms with Gasteiger partial charge in [-0.1, -0.05) is 34.1 Å². The second-order valence-corrected chi connectivity index (χ2v) is 18.9. The van der Waals surface area contributed by atoms with Crippen molar-refractivity contribution in [3.05, 3.63) is 0 Å². The lowest BCUT2D eigenvalue weighted by Gasteiger charge is -2.31. The van der Waals surface area contributed by atoms with Gasteiger partial charge < -0.3 is 92.0 Å². The number of nitrogens with one attached hydrogen (secondary N) is 8. The highest BCUT2D eigenvalue weighted by atomic mass is 16.4. The van der Waals surface area contributed by atoms with Crippen LogP contribution in [-0.2, 0) is 57.5 Å². The number of carbonyl (C=O) groups excluding carboxylic acids is 10. The summed E-state index contributed by atoms with van der Waals surface area (Å²) in [5.41, 5.74) is 32.6. The summed E-state index contributed by atoms with van der Waals surface area (Å²) in [5, 5.41) is 38.2. The lowest BCUT2D eigenvalue weighted by molar-refractivity contribution is -0.143. The number of carbonyl (C=O) groups is 12. The minimum atomic E-state index is -1.61. The molecule has 1 aliphatic rings. The number of aliphatic carboxylic acids is 2. The Morgan fingerprint density at radius 1 is 0.610 bits per heavy atom. The Hall–Kier alpha value is -7.86. The van der Waals surface area contributed by atoms with Crippen LogP contribution in [0.5, 0.6) is 0 Å². The molecular formula is C46H81N17O14. The van der Waals surface area contributed by atoms with E-state index in [-0.39, 0.29) is 94.9 Å². The van der Waals surface area contributed by atoms with Gasteiger partial charge in [-0.2, -0.15) is 0 Å². The van der Waals surface area contributed by atoms with Crippen molar-refractivity contribution in [1.82, 2.24) is 47.4 Å². The zero-order valence-corrected chi connectivity index (χ0v) is 44.4. The van der Waals surface area contributed by atoms with Crippen molar-refractivity contribution in [1.29, 1.82) is 0 Å². The van der Waals surface area contributed by atoms with Crippen molar-refractivity contribution < 1.29 is 67.7 Å². The average Bonchev–Trinajstić information content (AvgIpc) is 3.85. The molecule has 0 aromatic heterocycles. The van der Waals surface area contributed by atoms with Gasteiger partial charge in [0.25, 0.3) is 0 Å². The number of hydrogen-bond donors (Lipinski definition) is 16. The van der Waals surface area contributed by atoms with Gasteiger partial charge in [-0.15, -0.1) is 0 Å². The molecule has 0 unspecified atom stereocenters. The number of aliphatic imine (C=N–C) groups is 2. The van der Waals surface area contributed by atoms with Gasteiger partial charge in [0.15, 0.2) is 11.9 Å². The van der Waals surface area contributed by atoms with Gasteiger partial charge in [0, 0.05) is 32.5 Å². The third-order valence-electron chi connectivity index (χ3n) is 12.1. The summed E-state index contributed by atoms with van der Waals surface area (Å²) < 4.78 is 0. The van der Waals surface area contributed by atoms with Crippen LogP contribution in [0.1, 0.15) is 112 Å². The van der Waals surface area contributed by atoms with Crippen molar-refractivity contribution in [3.8, 4) is 0 Å². The lowest BCUT2D eigenvalue weighted by Crippen LogP contribution is -2.59. The van der Waals surface area contributed by atoms with E-state index in [0.29, 0.717) is 12.8 Å². The Bertz CT molecular complexity index is 2140. The van der Waals surface area contributed by atoms with Crippen LogP contribution >= 0.6 is 0 Å². The molecule has 31 nitrogen and oxygen atoms in total. The number of carboxylic acid groups (broad SMARTS) is 2. The van der Waals surface area contributed by atoms with E-state index in [1.165, 1.54) is 11.8 Å². The number of amides is 10. The van der Waals surface area contributed by atoms with E-state index in [0.717, 1.165) is 0 Å². The first-order valence-electron chi connectivity index (χ1n) is 25.3. The smallest absolute Gasteiger partial charge is 0.326 e. The van der Waals surface area contributed by atoms with Crippen LogP contribution in [0.2, 0.25) is 0 Å². The zero-order valence-electron chi connectivity index (χ0n) is 44.4. The second kappa shape index (κ2) is 34.7. The maximum absolute atomic E-state index is 14.3. The fraction of sp³-hybridized carbons (Fsp3) is 0.696. The van der Waals surface area contributed by atoms with Crippen LogP contribution < -0.4 is 76.9 Å². The number of nitrogens with two attached hydrogens (primary N) is 6.